The summed E-state index contributed by atoms with van der Waals surface area (Å²) in [4.78, 5) is 28.0. The molecule has 1 saturated heterocycles. The maximum atomic E-state index is 13.8. The van der Waals surface area contributed by atoms with E-state index in [0.29, 0.717) is 79.3 Å². The zero-order chi connectivity index (χ0) is 31.8. The molecule has 0 unspecified atom stereocenters. The molecule has 0 saturated carbocycles. The van der Waals surface area contributed by atoms with Crippen LogP contribution < -0.4 is 30.0 Å². The lowest BCUT2D eigenvalue weighted by Gasteiger charge is -2.44. The molecule has 4 aromatic rings. The second kappa shape index (κ2) is 12.4. The van der Waals surface area contributed by atoms with Gasteiger partial charge in [0.1, 0.15) is 13.2 Å². The van der Waals surface area contributed by atoms with Gasteiger partial charge in [0, 0.05) is 60.5 Å². The van der Waals surface area contributed by atoms with Crippen molar-refractivity contribution in [2.24, 2.45) is 5.92 Å². The minimum atomic E-state index is -4.08. The summed E-state index contributed by atoms with van der Waals surface area (Å²) in [5.74, 6) is 0.858. The first-order valence-corrected chi connectivity index (χ1v) is 17.1. The van der Waals surface area contributed by atoms with Crippen molar-refractivity contribution in [1.82, 2.24) is 9.88 Å². The van der Waals surface area contributed by atoms with Crippen LogP contribution in [0.25, 0.3) is 0 Å². The van der Waals surface area contributed by atoms with E-state index < -0.39 is 10.0 Å². The standard InChI is InChI=1S/C34H33ClN4O6S/c35-26-7-4-22(5-8-26)12-13-36-34(41)24-6-10-30(38-19-23-16-25(21-38)29-2-1-3-33(40)39(29)20-23)28(17-24)37-46(42,43)27-9-11-31-32(18-27)45-15-14-44-31/h1-11,17-18,23,25,37H,12-16,19-21H2,(H,36,41)/t23-,25+/m1/s1. The molecule has 2 atom stereocenters. The SMILES string of the molecule is O=C(NCCc1ccc(Cl)cc1)c1ccc(N2C[C@H]3C[C@@H](C2)c2cccc(=O)n2C3)c(NS(=O)(=O)c2ccc3c(c2)OCCO3)c1. The number of nitrogens with zero attached hydrogens (tertiary/aromatic N) is 2. The quantitative estimate of drug-likeness (QED) is 0.282. The Hall–Kier alpha value is -4.48. The third-order valence-corrected chi connectivity index (χ3v) is 10.4. The van der Waals surface area contributed by atoms with Crippen molar-refractivity contribution in [3.63, 3.8) is 0 Å². The van der Waals surface area contributed by atoms with Gasteiger partial charge in [-0.15, -0.1) is 0 Å². The molecule has 0 spiro atoms. The van der Waals surface area contributed by atoms with E-state index in [-0.39, 0.29) is 28.2 Å². The van der Waals surface area contributed by atoms with Gasteiger partial charge in [-0.3, -0.25) is 14.3 Å². The van der Waals surface area contributed by atoms with Gasteiger partial charge < -0.3 is 24.3 Å². The van der Waals surface area contributed by atoms with Gasteiger partial charge in [-0.1, -0.05) is 29.8 Å². The third-order valence-electron chi connectivity index (χ3n) is 8.76. The summed E-state index contributed by atoms with van der Waals surface area (Å²) in [5.41, 5.74) is 3.32. The number of carbonyl (C=O) groups is 1. The van der Waals surface area contributed by atoms with Crippen molar-refractivity contribution in [3.8, 4) is 11.5 Å². The largest absolute Gasteiger partial charge is 0.486 e. The number of nitrogens with one attached hydrogen (secondary N) is 2. The molecular weight excluding hydrogens is 628 g/mol. The van der Waals surface area contributed by atoms with Crippen LogP contribution in [0.5, 0.6) is 11.5 Å². The number of rotatable bonds is 8. The van der Waals surface area contributed by atoms with E-state index in [1.165, 1.54) is 12.1 Å². The van der Waals surface area contributed by atoms with Gasteiger partial charge in [0.2, 0.25) is 0 Å². The van der Waals surface area contributed by atoms with Crippen LogP contribution >= 0.6 is 11.6 Å². The van der Waals surface area contributed by atoms with Crippen molar-refractivity contribution in [2.45, 2.75) is 30.2 Å². The zero-order valence-corrected chi connectivity index (χ0v) is 26.5. The Labute approximate surface area is 272 Å². The molecule has 4 heterocycles. The van der Waals surface area contributed by atoms with Gasteiger partial charge in [0.15, 0.2) is 11.5 Å². The van der Waals surface area contributed by atoms with Crippen LogP contribution in [0.1, 0.15) is 34.0 Å². The van der Waals surface area contributed by atoms with E-state index in [1.807, 2.05) is 34.9 Å². The monoisotopic (exact) mass is 660 g/mol. The molecule has 3 aromatic carbocycles. The Morgan fingerprint density at radius 1 is 0.913 bits per heavy atom. The fraction of sp³-hybridized carbons (Fsp3) is 0.294. The second-order valence-electron chi connectivity index (χ2n) is 11.9. The Morgan fingerprint density at radius 2 is 1.72 bits per heavy atom. The number of hydrogen-bond acceptors (Lipinski definition) is 7. The molecule has 1 aromatic heterocycles. The van der Waals surface area contributed by atoms with Crippen molar-refractivity contribution in [3.05, 3.63) is 111 Å². The van der Waals surface area contributed by atoms with E-state index >= 15 is 0 Å². The van der Waals surface area contributed by atoms with Crippen molar-refractivity contribution in [2.75, 3.05) is 42.5 Å². The lowest BCUT2D eigenvalue weighted by molar-refractivity contribution is 0.0954. The molecule has 2 bridgehead atoms. The predicted molar refractivity (Wildman–Crippen MR) is 176 cm³/mol. The number of halogens is 1. The topological polar surface area (TPSA) is 119 Å². The van der Waals surface area contributed by atoms with E-state index in [0.717, 1.165) is 17.7 Å². The minimum Gasteiger partial charge on any atom is -0.486 e. The van der Waals surface area contributed by atoms with E-state index in [2.05, 4.69) is 14.9 Å². The summed E-state index contributed by atoms with van der Waals surface area (Å²) in [7, 11) is -4.08. The lowest BCUT2D eigenvalue weighted by atomic mass is 9.83. The number of ether oxygens (including phenoxy) is 2. The molecule has 3 aliphatic rings. The molecule has 46 heavy (non-hydrogen) atoms. The highest BCUT2D eigenvalue weighted by atomic mass is 35.5. The predicted octanol–water partition coefficient (Wildman–Crippen LogP) is 4.67. The number of anilines is 2. The lowest BCUT2D eigenvalue weighted by Crippen LogP contribution is -2.47. The number of pyridine rings is 1. The molecule has 7 rings (SSSR count). The number of hydrogen-bond donors (Lipinski definition) is 2. The van der Waals surface area contributed by atoms with Crippen LogP contribution in [0, 0.1) is 5.92 Å². The zero-order valence-electron chi connectivity index (χ0n) is 24.9. The molecule has 1 amide bonds. The molecule has 2 N–H and O–H groups in total. The Morgan fingerprint density at radius 3 is 2.54 bits per heavy atom. The summed E-state index contributed by atoms with van der Waals surface area (Å²) < 4.78 is 43.4. The summed E-state index contributed by atoms with van der Waals surface area (Å²) in [5, 5.41) is 3.59. The highest BCUT2D eigenvalue weighted by Gasteiger charge is 2.35. The van der Waals surface area contributed by atoms with Gasteiger partial charge in [-0.25, -0.2) is 8.42 Å². The highest BCUT2D eigenvalue weighted by Crippen LogP contribution is 2.40. The molecule has 10 nitrogen and oxygen atoms in total. The van der Waals surface area contributed by atoms with Crippen molar-refractivity contribution in [1.29, 1.82) is 0 Å². The van der Waals surface area contributed by atoms with Crippen LogP contribution in [-0.2, 0) is 23.0 Å². The maximum Gasteiger partial charge on any atom is 0.262 e. The van der Waals surface area contributed by atoms with Crippen LogP contribution in [0.4, 0.5) is 11.4 Å². The van der Waals surface area contributed by atoms with Gasteiger partial charge in [0.25, 0.3) is 21.5 Å². The molecule has 238 valence electrons. The normalized spacial score (nSPS) is 18.4. The first-order valence-electron chi connectivity index (χ1n) is 15.3. The van der Waals surface area contributed by atoms with Gasteiger partial charge in [-0.2, -0.15) is 0 Å². The fourth-order valence-corrected chi connectivity index (χ4v) is 7.80. The number of amides is 1. The summed E-state index contributed by atoms with van der Waals surface area (Å²) in [6.07, 6.45) is 1.57. The first kappa shape index (κ1) is 30.2. The summed E-state index contributed by atoms with van der Waals surface area (Å²) in [6.45, 7) is 2.97. The van der Waals surface area contributed by atoms with E-state index in [9.17, 15) is 18.0 Å². The molecule has 1 fully saturated rings. The van der Waals surface area contributed by atoms with Crippen LogP contribution in [0.15, 0.2) is 88.6 Å². The van der Waals surface area contributed by atoms with Crippen LogP contribution in [0.3, 0.4) is 0 Å². The number of piperidine rings is 1. The Bertz CT molecular complexity index is 1960. The van der Waals surface area contributed by atoms with Gasteiger partial charge in [-0.05, 0) is 72.9 Å². The van der Waals surface area contributed by atoms with Gasteiger partial charge in [0.05, 0.1) is 16.3 Å². The molecule has 12 heteroatoms. The fourth-order valence-electron chi connectivity index (χ4n) is 6.60. The smallest absolute Gasteiger partial charge is 0.262 e. The molecule has 3 aliphatic heterocycles. The summed E-state index contributed by atoms with van der Waals surface area (Å²) >= 11 is 5.98. The average Bonchev–Trinajstić information content (AvgIpc) is 3.05. The first-order chi connectivity index (χ1) is 22.2. The number of carbonyl (C=O) groups excluding carboxylic acids is 1. The van der Waals surface area contributed by atoms with Crippen molar-refractivity contribution >= 4 is 38.9 Å². The second-order valence-corrected chi connectivity index (χ2v) is 14.0. The number of sulfonamides is 1. The summed E-state index contributed by atoms with van der Waals surface area (Å²) in [6, 6.07) is 22.4. The number of aromatic nitrogens is 1. The number of benzene rings is 3. The average molecular weight is 661 g/mol. The van der Waals surface area contributed by atoms with Gasteiger partial charge >= 0.3 is 0 Å². The molecule has 0 aliphatic carbocycles. The van der Waals surface area contributed by atoms with Crippen molar-refractivity contribution < 1.29 is 22.7 Å². The van der Waals surface area contributed by atoms with E-state index in [1.54, 1.807) is 36.4 Å². The van der Waals surface area contributed by atoms with Crippen LogP contribution in [0.2, 0.25) is 5.02 Å². The minimum absolute atomic E-state index is 0.0000408. The Kier molecular flexibility index (Phi) is 8.12. The molecular formula is C34H33ClN4O6S. The van der Waals surface area contributed by atoms with Crippen LogP contribution in [-0.4, -0.2) is 51.7 Å². The number of fused-ring (bicyclic) bond motifs is 5. The Balaban J connectivity index is 1.18. The third kappa shape index (κ3) is 6.17. The highest BCUT2D eigenvalue weighted by molar-refractivity contribution is 7.92. The molecule has 0 radical (unpaired) electrons. The maximum absolute atomic E-state index is 13.8. The van der Waals surface area contributed by atoms with E-state index in [4.69, 9.17) is 21.1 Å².